The molecule has 0 radical (unpaired) electrons. The van der Waals surface area contributed by atoms with Crippen LogP contribution in [0.25, 0.3) is 0 Å². The molecule has 0 rings (SSSR count). The van der Waals surface area contributed by atoms with E-state index in [1.807, 2.05) is 0 Å². The van der Waals surface area contributed by atoms with E-state index in [1.54, 1.807) is 0 Å². The van der Waals surface area contributed by atoms with Gasteiger partial charge in [-0.1, -0.05) is 0 Å². The molecule has 90 valence electrons. The lowest BCUT2D eigenvalue weighted by Gasteiger charge is -2.32. The van der Waals surface area contributed by atoms with Crippen LogP contribution < -0.4 is 0 Å². The number of alkyl halides is 2. The molecule has 0 aliphatic rings. The van der Waals surface area contributed by atoms with Crippen molar-refractivity contribution in [2.75, 3.05) is 6.61 Å². The van der Waals surface area contributed by atoms with Crippen molar-refractivity contribution >= 4 is 6.04 Å². The minimum Gasteiger partial charge on any atom is -0.394 e. The maximum Gasteiger partial charge on any atom is 0.371 e. The minimum absolute atomic E-state index is 1.32. The molecule has 0 amide bonds. The van der Waals surface area contributed by atoms with Gasteiger partial charge >= 0.3 is 17.7 Å². The van der Waals surface area contributed by atoms with Crippen molar-refractivity contribution in [2.24, 2.45) is 0 Å². The average Bonchev–Trinajstić information content (AvgIpc) is 2.14. The quantitative estimate of drug-likeness (QED) is 0.336. The SMILES string of the molecule is O=C(F)[C@@](O)(F)[C@](O)(F)[C@H](O)[C@H](O)CO. The van der Waals surface area contributed by atoms with E-state index in [2.05, 4.69) is 0 Å². The zero-order valence-corrected chi connectivity index (χ0v) is 7.14. The van der Waals surface area contributed by atoms with Crippen LogP contribution in [0.3, 0.4) is 0 Å². The number of rotatable bonds is 5. The van der Waals surface area contributed by atoms with E-state index in [4.69, 9.17) is 25.5 Å². The molecule has 0 heterocycles. The summed E-state index contributed by atoms with van der Waals surface area (Å²) in [5.74, 6) is -9.83. The predicted molar refractivity (Wildman–Crippen MR) is 37.3 cm³/mol. The molecule has 0 aromatic carbocycles. The first-order chi connectivity index (χ1) is 6.59. The van der Waals surface area contributed by atoms with Crippen LogP contribution in [0.1, 0.15) is 0 Å². The minimum atomic E-state index is -5.04. The fraction of sp³-hybridized carbons (Fsp3) is 0.833. The van der Waals surface area contributed by atoms with E-state index in [0.29, 0.717) is 0 Å². The van der Waals surface area contributed by atoms with Gasteiger partial charge < -0.3 is 25.5 Å². The maximum absolute atomic E-state index is 12.9. The highest BCUT2D eigenvalue weighted by molar-refractivity contribution is 5.77. The molecule has 4 atom stereocenters. The Labute approximate surface area is 81.2 Å². The summed E-state index contributed by atoms with van der Waals surface area (Å²) in [6.07, 6.45) is -5.53. The molecule has 6 nitrogen and oxygen atoms in total. The van der Waals surface area contributed by atoms with Crippen molar-refractivity contribution in [3.05, 3.63) is 0 Å². The van der Waals surface area contributed by atoms with Gasteiger partial charge in [0, 0.05) is 0 Å². The fourth-order valence-corrected chi connectivity index (χ4v) is 0.689. The van der Waals surface area contributed by atoms with E-state index in [1.165, 1.54) is 0 Å². The Kier molecular flexibility index (Phi) is 4.19. The topological polar surface area (TPSA) is 118 Å². The van der Waals surface area contributed by atoms with E-state index in [-0.39, 0.29) is 0 Å². The van der Waals surface area contributed by atoms with Crippen molar-refractivity contribution in [1.82, 2.24) is 0 Å². The van der Waals surface area contributed by atoms with E-state index in [0.717, 1.165) is 0 Å². The van der Waals surface area contributed by atoms with Gasteiger partial charge in [-0.05, 0) is 0 Å². The van der Waals surface area contributed by atoms with E-state index in [9.17, 15) is 18.0 Å². The first kappa shape index (κ1) is 14.3. The van der Waals surface area contributed by atoms with Crippen LogP contribution in [-0.2, 0) is 4.79 Å². The number of carbonyl (C=O) groups is 1. The second-order valence-electron chi connectivity index (χ2n) is 2.76. The number of hydrogen-bond donors (Lipinski definition) is 5. The number of carbonyl (C=O) groups excluding carboxylic acids is 1. The molecule has 0 unspecified atom stereocenters. The Hall–Kier alpha value is -0.740. The average molecular weight is 234 g/mol. The summed E-state index contributed by atoms with van der Waals surface area (Å²) in [6, 6.07) is -3.29. The van der Waals surface area contributed by atoms with Crippen molar-refractivity contribution in [3.63, 3.8) is 0 Å². The Morgan fingerprint density at radius 2 is 1.67 bits per heavy atom. The van der Waals surface area contributed by atoms with Crippen LogP contribution in [0, 0.1) is 0 Å². The molecule has 0 aliphatic heterocycles. The van der Waals surface area contributed by atoms with Gasteiger partial charge in [0.1, 0.15) is 12.2 Å². The van der Waals surface area contributed by atoms with Crippen molar-refractivity contribution < 1.29 is 43.5 Å². The first-order valence-electron chi connectivity index (χ1n) is 3.58. The molecule has 0 saturated carbocycles. The molecule has 0 saturated heterocycles. The number of aliphatic hydroxyl groups excluding tert-OH is 3. The highest BCUT2D eigenvalue weighted by atomic mass is 19.2. The van der Waals surface area contributed by atoms with Crippen LogP contribution in [0.4, 0.5) is 13.2 Å². The molecule has 9 heteroatoms. The van der Waals surface area contributed by atoms with Crippen molar-refractivity contribution in [1.29, 1.82) is 0 Å². The number of hydrogen-bond acceptors (Lipinski definition) is 6. The lowest BCUT2D eigenvalue weighted by atomic mass is 9.99. The summed E-state index contributed by atoms with van der Waals surface area (Å²) in [4.78, 5) is 9.78. The van der Waals surface area contributed by atoms with Crippen molar-refractivity contribution in [3.8, 4) is 0 Å². The van der Waals surface area contributed by atoms with E-state index >= 15 is 0 Å². The van der Waals surface area contributed by atoms with E-state index < -0.39 is 36.6 Å². The number of aliphatic hydroxyl groups is 5. The summed E-state index contributed by atoms with van der Waals surface area (Å²) >= 11 is 0. The molecule has 5 N–H and O–H groups in total. The standard InChI is InChI=1S/C6H9F3O6/c7-4(13)6(9,15)5(8,14)3(12)2(11)1-10/h2-3,10-12,14-15H,1H2/t2-,3-,5+,6+/m1/s1. The number of halogens is 3. The summed E-state index contributed by atoms with van der Waals surface area (Å²) in [7, 11) is 0. The first-order valence-corrected chi connectivity index (χ1v) is 3.58. The van der Waals surface area contributed by atoms with Crippen molar-refractivity contribution in [2.45, 2.75) is 23.9 Å². The maximum atomic E-state index is 12.9. The van der Waals surface area contributed by atoms with Gasteiger partial charge in [-0.2, -0.15) is 8.78 Å². The van der Waals surface area contributed by atoms with Gasteiger partial charge in [0.25, 0.3) is 0 Å². The highest BCUT2D eigenvalue weighted by Crippen LogP contribution is 2.32. The smallest absolute Gasteiger partial charge is 0.371 e. The van der Waals surface area contributed by atoms with Gasteiger partial charge in [-0.3, -0.25) is 4.79 Å². The molecule has 0 aromatic heterocycles. The Balaban J connectivity index is 5.04. The normalized spacial score (nSPS) is 23.7. The molecule has 0 spiro atoms. The largest absolute Gasteiger partial charge is 0.394 e. The third-order valence-corrected chi connectivity index (χ3v) is 1.67. The Bertz CT molecular complexity index is 243. The fourth-order valence-electron chi connectivity index (χ4n) is 0.689. The zero-order valence-electron chi connectivity index (χ0n) is 7.14. The van der Waals surface area contributed by atoms with Gasteiger partial charge in [-0.25, -0.2) is 4.39 Å². The molecule has 0 aliphatic carbocycles. The van der Waals surface area contributed by atoms with Gasteiger partial charge in [0.15, 0.2) is 0 Å². The van der Waals surface area contributed by atoms with Crippen LogP contribution in [0.5, 0.6) is 0 Å². The van der Waals surface area contributed by atoms with Crippen LogP contribution in [0.2, 0.25) is 0 Å². The van der Waals surface area contributed by atoms with Gasteiger partial charge in [-0.15, -0.1) is 0 Å². The monoisotopic (exact) mass is 234 g/mol. The molecule has 0 aromatic rings. The predicted octanol–water partition coefficient (Wildman–Crippen LogP) is -2.49. The van der Waals surface area contributed by atoms with Crippen LogP contribution in [0.15, 0.2) is 0 Å². The summed E-state index contributed by atoms with van der Waals surface area (Å²) in [5.41, 5.74) is 0. The highest BCUT2D eigenvalue weighted by Gasteiger charge is 2.64. The van der Waals surface area contributed by atoms with Crippen LogP contribution >= 0.6 is 0 Å². The molecule has 0 fully saturated rings. The third kappa shape index (κ3) is 2.44. The molecular formula is C6H9F3O6. The zero-order chi connectivity index (χ0) is 12.4. The summed E-state index contributed by atoms with van der Waals surface area (Å²) < 4.78 is 37.3. The van der Waals surface area contributed by atoms with Gasteiger partial charge in [0.2, 0.25) is 0 Å². The Morgan fingerprint density at radius 1 is 1.27 bits per heavy atom. The Morgan fingerprint density at radius 3 is 1.93 bits per heavy atom. The lowest BCUT2D eigenvalue weighted by molar-refractivity contribution is -0.323. The van der Waals surface area contributed by atoms with Gasteiger partial charge in [0.05, 0.1) is 6.61 Å². The second kappa shape index (κ2) is 4.41. The molecule has 15 heavy (non-hydrogen) atoms. The summed E-state index contributed by atoms with van der Waals surface area (Å²) in [6.45, 7) is -1.32. The lowest BCUT2D eigenvalue weighted by Crippen LogP contribution is -2.62. The summed E-state index contributed by atoms with van der Waals surface area (Å²) in [5, 5.41) is 42.2. The second-order valence-corrected chi connectivity index (χ2v) is 2.76. The van der Waals surface area contributed by atoms with Crippen LogP contribution in [-0.4, -0.2) is 62.1 Å². The molecule has 0 bridgehead atoms. The third-order valence-electron chi connectivity index (χ3n) is 1.67. The molecular weight excluding hydrogens is 225 g/mol.